The van der Waals surface area contributed by atoms with Crippen LogP contribution in [0.1, 0.15) is 26.2 Å². The SMILES string of the molecule is C=C(C)[C@@H]1CC=C(CN2C[C@]34C=C[C@H](O3)[C@@H](C(=O)O)[C@H]4C2=O)CC1. The molecule has 0 aromatic heterocycles. The molecule has 128 valence electrons. The van der Waals surface area contributed by atoms with Gasteiger partial charge in [-0.15, -0.1) is 0 Å². The van der Waals surface area contributed by atoms with E-state index in [1.54, 1.807) is 4.90 Å². The highest BCUT2D eigenvalue weighted by atomic mass is 16.5. The van der Waals surface area contributed by atoms with Crippen molar-refractivity contribution < 1.29 is 19.4 Å². The molecule has 0 aromatic rings. The molecular formula is C19H23NO4. The number of allylic oxidation sites excluding steroid dienone is 2. The zero-order valence-corrected chi connectivity index (χ0v) is 13.9. The maximum absolute atomic E-state index is 12.8. The molecule has 1 aliphatic carbocycles. The lowest BCUT2D eigenvalue weighted by atomic mass is 9.77. The van der Waals surface area contributed by atoms with Crippen LogP contribution in [0.2, 0.25) is 0 Å². The summed E-state index contributed by atoms with van der Waals surface area (Å²) in [7, 11) is 0. The molecule has 4 aliphatic rings. The van der Waals surface area contributed by atoms with Crippen LogP contribution in [0.4, 0.5) is 0 Å². The molecular weight excluding hydrogens is 306 g/mol. The Morgan fingerprint density at radius 1 is 1.54 bits per heavy atom. The summed E-state index contributed by atoms with van der Waals surface area (Å²) in [6, 6.07) is 0. The zero-order chi connectivity index (χ0) is 17.1. The fraction of sp³-hybridized carbons (Fsp3) is 0.579. The summed E-state index contributed by atoms with van der Waals surface area (Å²) in [6.07, 6.45) is 8.52. The largest absolute Gasteiger partial charge is 0.481 e. The molecule has 4 rings (SSSR count). The van der Waals surface area contributed by atoms with E-state index in [1.807, 2.05) is 12.2 Å². The van der Waals surface area contributed by atoms with Crippen LogP contribution in [0.3, 0.4) is 0 Å². The lowest BCUT2D eigenvalue weighted by molar-refractivity contribution is -0.148. The van der Waals surface area contributed by atoms with Gasteiger partial charge >= 0.3 is 5.97 Å². The maximum Gasteiger partial charge on any atom is 0.310 e. The molecule has 5 heteroatoms. The van der Waals surface area contributed by atoms with E-state index in [4.69, 9.17) is 4.74 Å². The van der Waals surface area contributed by atoms with Crippen LogP contribution in [0, 0.1) is 17.8 Å². The minimum atomic E-state index is -0.937. The predicted molar refractivity (Wildman–Crippen MR) is 88.2 cm³/mol. The number of aliphatic carboxylic acids is 1. The lowest BCUT2D eigenvalue weighted by Crippen LogP contribution is -2.39. The number of nitrogens with zero attached hydrogens (tertiary/aromatic N) is 1. The molecule has 2 saturated heterocycles. The summed E-state index contributed by atoms with van der Waals surface area (Å²) in [5.41, 5.74) is 1.76. The number of amides is 1. The fourth-order valence-corrected chi connectivity index (χ4v) is 4.72. The fourth-order valence-electron chi connectivity index (χ4n) is 4.72. The van der Waals surface area contributed by atoms with E-state index in [2.05, 4.69) is 19.6 Å². The first-order chi connectivity index (χ1) is 11.4. The molecule has 1 spiro atoms. The van der Waals surface area contributed by atoms with Crippen molar-refractivity contribution in [2.45, 2.75) is 37.9 Å². The van der Waals surface area contributed by atoms with Gasteiger partial charge in [0, 0.05) is 6.54 Å². The van der Waals surface area contributed by atoms with Gasteiger partial charge in [0.25, 0.3) is 0 Å². The van der Waals surface area contributed by atoms with Gasteiger partial charge in [0.2, 0.25) is 5.91 Å². The Bertz CT molecular complexity index is 679. The molecule has 3 heterocycles. The van der Waals surface area contributed by atoms with Crippen LogP contribution >= 0.6 is 0 Å². The highest BCUT2D eigenvalue weighted by molar-refractivity contribution is 5.90. The molecule has 2 fully saturated rings. The summed E-state index contributed by atoms with van der Waals surface area (Å²) in [5, 5.41) is 9.48. The summed E-state index contributed by atoms with van der Waals surface area (Å²) in [6.45, 7) is 7.16. The van der Waals surface area contributed by atoms with E-state index in [-0.39, 0.29) is 5.91 Å². The Balaban J connectivity index is 1.50. The third-order valence-electron chi connectivity index (χ3n) is 6.06. The van der Waals surface area contributed by atoms with Crippen molar-refractivity contribution in [1.29, 1.82) is 0 Å². The van der Waals surface area contributed by atoms with Crippen LogP contribution in [0.15, 0.2) is 36.0 Å². The molecule has 1 amide bonds. The van der Waals surface area contributed by atoms with Crippen molar-refractivity contribution in [3.63, 3.8) is 0 Å². The molecule has 0 radical (unpaired) electrons. The van der Waals surface area contributed by atoms with Crippen molar-refractivity contribution in [2.24, 2.45) is 17.8 Å². The van der Waals surface area contributed by atoms with Crippen molar-refractivity contribution in [3.05, 3.63) is 36.0 Å². The second-order valence-corrected chi connectivity index (χ2v) is 7.61. The molecule has 0 unspecified atom stereocenters. The number of hydrogen-bond acceptors (Lipinski definition) is 3. The maximum atomic E-state index is 12.8. The number of carboxylic acids is 1. The van der Waals surface area contributed by atoms with Gasteiger partial charge in [-0.1, -0.05) is 36.0 Å². The van der Waals surface area contributed by atoms with E-state index in [1.165, 1.54) is 11.1 Å². The van der Waals surface area contributed by atoms with Gasteiger partial charge in [0.15, 0.2) is 0 Å². The van der Waals surface area contributed by atoms with Gasteiger partial charge in [0.05, 0.1) is 18.6 Å². The quantitative estimate of drug-likeness (QED) is 0.803. The third kappa shape index (κ3) is 2.18. The lowest BCUT2D eigenvalue weighted by Gasteiger charge is -2.26. The molecule has 5 atom stereocenters. The average molecular weight is 329 g/mol. The van der Waals surface area contributed by atoms with Crippen molar-refractivity contribution in [2.75, 3.05) is 13.1 Å². The molecule has 0 aromatic carbocycles. The van der Waals surface area contributed by atoms with Crippen molar-refractivity contribution in [1.82, 2.24) is 4.90 Å². The van der Waals surface area contributed by atoms with E-state index in [0.29, 0.717) is 19.0 Å². The second kappa shape index (κ2) is 5.31. The van der Waals surface area contributed by atoms with Crippen LogP contribution in [-0.2, 0) is 14.3 Å². The number of carbonyl (C=O) groups is 2. The van der Waals surface area contributed by atoms with Crippen LogP contribution in [0.25, 0.3) is 0 Å². The molecule has 24 heavy (non-hydrogen) atoms. The highest BCUT2D eigenvalue weighted by Gasteiger charge is 2.67. The van der Waals surface area contributed by atoms with Gasteiger partial charge in [-0.2, -0.15) is 0 Å². The predicted octanol–water partition coefficient (Wildman–Crippen LogP) is 2.16. The Morgan fingerprint density at radius 2 is 2.33 bits per heavy atom. The topological polar surface area (TPSA) is 66.8 Å². The third-order valence-corrected chi connectivity index (χ3v) is 6.06. The number of carbonyl (C=O) groups excluding carboxylic acids is 1. The zero-order valence-electron chi connectivity index (χ0n) is 13.9. The Morgan fingerprint density at radius 3 is 2.96 bits per heavy atom. The smallest absolute Gasteiger partial charge is 0.310 e. The molecule has 1 N–H and O–H groups in total. The van der Waals surface area contributed by atoms with Gasteiger partial charge in [-0.3, -0.25) is 9.59 Å². The second-order valence-electron chi connectivity index (χ2n) is 7.61. The number of carboxylic acid groups (broad SMARTS) is 1. The molecule has 5 nitrogen and oxygen atoms in total. The molecule has 2 bridgehead atoms. The van der Waals surface area contributed by atoms with Gasteiger partial charge in [0.1, 0.15) is 11.5 Å². The van der Waals surface area contributed by atoms with Crippen LogP contribution in [0.5, 0.6) is 0 Å². The number of ether oxygens (including phenoxy) is 1. The number of rotatable bonds is 4. The molecule has 3 aliphatic heterocycles. The van der Waals surface area contributed by atoms with Gasteiger partial charge in [-0.25, -0.2) is 0 Å². The first kappa shape index (κ1) is 15.6. The summed E-state index contributed by atoms with van der Waals surface area (Å²) in [5.74, 6) is -1.79. The van der Waals surface area contributed by atoms with Crippen LogP contribution < -0.4 is 0 Å². The Hall–Kier alpha value is -1.88. The Labute approximate surface area is 141 Å². The first-order valence-corrected chi connectivity index (χ1v) is 8.63. The minimum Gasteiger partial charge on any atom is -0.481 e. The van der Waals surface area contributed by atoms with Gasteiger partial charge < -0.3 is 14.7 Å². The van der Waals surface area contributed by atoms with Crippen molar-refractivity contribution in [3.8, 4) is 0 Å². The van der Waals surface area contributed by atoms with Gasteiger partial charge in [-0.05, 0) is 32.1 Å². The standard InChI is InChI=1S/C19H23NO4/c1-11(2)13-5-3-12(4-6-13)9-20-10-19-8-7-14(24-19)15(18(22)23)16(19)17(20)21/h3,7-8,13-16H,1,4-6,9-10H2,2H3,(H,22,23)/t13-,14+,15-,16+,19+/m1/s1. The van der Waals surface area contributed by atoms with E-state index >= 15 is 0 Å². The normalized spacial score (nSPS) is 40.0. The van der Waals surface area contributed by atoms with E-state index in [9.17, 15) is 14.7 Å². The number of likely N-dealkylation sites (tertiary alicyclic amines) is 1. The monoisotopic (exact) mass is 329 g/mol. The van der Waals surface area contributed by atoms with Crippen molar-refractivity contribution >= 4 is 11.9 Å². The summed E-state index contributed by atoms with van der Waals surface area (Å²) >= 11 is 0. The Kier molecular flexibility index (Phi) is 3.46. The number of hydrogen-bond donors (Lipinski definition) is 1. The summed E-state index contributed by atoms with van der Waals surface area (Å²) < 4.78 is 5.91. The first-order valence-electron chi connectivity index (χ1n) is 8.63. The average Bonchev–Trinajstić information content (AvgIpc) is 3.16. The highest BCUT2D eigenvalue weighted by Crippen LogP contribution is 2.52. The van der Waals surface area contributed by atoms with E-state index in [0.717, 1.165) is 19.3 Å². The number of fused-ring (bicyclic) bond motifs is 1. The molecule has 0 saturated carbocycles. The van der Waals surface area contributed by atoms with E-state index < -0.39 is 29.5 Å². The minimum absolute atomic E-state index is 0.0721. The summed E-state index contributed by atoms with van der Waals surface area (Å²) in [4.78, 5) is 26.2. The van der Waals surface area contributed by atoms with Crippen LogP contribution in [-0.4, -0.2) is 46.7 Å².